The smallest absolute Gasteiger partial charge is 0.269 e. The van der Waals surface area contributed by atoms with Gasteiger partial charge >= 0.3 is 0 Å². The van der Waals surface area contributed by atoms with E-state index in [9.17, 15) is 14.4 Å². The van der Waals surface area contributed by atoms with Crippen molar-refractivity contribution in [2.75, 3.05) is 0 Å². The van der Waals surface area contributed by atoms with Crippen LogP contribution in [0.2, 0.25) is 0 Å². The Labute approximate surface area is 153 Å². The second kappa shape index (κ2) is 8.43. The van der Waals surface area contributed by atoms with Crippen LogP contribution in [-0.4, -0.2) is 17.6 Å². The van der Waals surface area contributed by atoms with Crippen molar-refractivity contribution in [1.82, 2.24) is 10.9 Å². The summed E-state index contributed by atoms with van der Waals surface area (Å²) in [7, 11) is 0. The molecular formula is C21H24N2O3. The number of hydrogen-bond donors (Lipinski definition) is 2. The highest BCUT2D eigenvalue weighted by Gasteiger charge is 2.15. The number of amides is 2. The largest absolute Gasteiger partial charge is 0.294 e. The summed E-state index contributed by atoms with van der Waals surface area (Å²) in [5, 5.41) is 0. The number of Topliss-reactive ketones (excluding diaryl/α,β-unsaturated/α-hetero) is 1. The van der Waals surface area contributed by atoms with Gasteiger partial charge in [-0.3, -0.25) is 25.2 Å². The molecule has 2 rings (SSSR count). The molecule has 0 bridgehead atoms. The Bertz CT molecular complexity index is 775. The Balaban J connectivity index is 1.80. The summed E-state index contributed by atoms with van der Waals surface area (Å²) in [6.07, 6.45) is 0.100. The predicted octanol–water partition coefficient (Wildman–Crippen LogP) is 3.41. The lowest BCUT2D eigenvalue weighted by Gasteiger charge is -2.19. The van der Waals surface area contributed by atoms with Crippen molar-refractivity contribution in [1.29, 1.82) is 0 Å². The average Bonchev–Trinajstić information content (AvgIpc) is 2.64. The number of rotatable bonds is 5. The van der Waals surface area contributed by atoms with E-state index < -0.39 is 11.8 Å². The van der Waals surface area contributed by atoms with Crippen LogP contribution in [0.25, 0.3) is 0 Å². The maximum absolute atomic E-state index is 12.1. The molecule has 0 spiro atoms. The SMILES string of the molecule is CC(C)(C)c1ccc(C(=O)NNC(=O)CCC(=O)c2ccccc2)cc1. The Morgan fingerprint density at radius 3 is 1.96 bits per heavy atom. The van der Waals surface area contributed by atoms with Gasteiger partial charge in [-0.25, -0.2) is 0 Å². The first-order valence-electron chi connectivity index (χ1n) is 8.55. The molecule has 136 valence electrons. The molecule has 0 saturated heterocycles. The number of carbonyl (C=O) groups excluding carboxylic acids is 3. The molecular weight excluding hydrogens is 328 g/mol. The minimum absolute atomic E-state index is 0.00845. The van der Waals surface area contributed by atoms with Gasteiger partial charge in [-0.1, -0.05) is 63.2 Å². The molecule has 0 atom stereocenters. The number of hydrazine groups is 1. The molecule has 2 N–H and O–H groups in total. The Morgan fingerprint density at radius 2 is 1.38 bits per heavy atom. The summed E-state index contributed by atoms with van der Waals surface area (Å²) < 4.78 is 0. The van der Waals surface area contributed by atoms with E-state index in [4.69, 9.17) is 0 Å². The molecule has 0 aliphatic carbocycles. The molecule has 2 aromatic carbocycles. The highest BCUT2D eigenvalue weighted by atomic mass is 16.2. The van der Waals surface area contributed by atoms with E-state index in [2.05, 4.69) is 31.6 Å². The summed E-state index contributed by atoms with van der Waals surface area (Å²) >= 11 is 0. The van der Waals surface area contributed by atoms with E-state index in [0.717, 1.165) is 5.56 Å². The van der Waals surface area contributed by atoms with Crippen LogP contribution in [0.5, 0.6) is 0 Å². The fourth-order valence-corrected chi connectivity index (χ4v) is 2.38. The minimum Gasteiger partial charge on any atom is -0.294 e. The van der Waals surface area contributed by atoms with Gasteiger partial charge < -0.3 is 0 Å². The van der Waals surface area contributed by atoms with Crippen molar-refractivity contribution < 1.29 is 14.4 Å². The second-order valence-electron chi connectivity index (χ2n) is 7.12. The van der Waals surface area contributed by atoms with E-state index >= 15 is 0 Å². The molecule has 0 radical (unpaired) electrons. The van der Waals surface area contributed by atoms with Crippen molar-refractivity contribution in [2.45, 2.75) is 39.0 Å². The lowest BCUT2D eigenvalue weighted by Crippen LogP contribution is -2.41. The molecule has 0 fully saturated rings. The predicted molar refractivity (Wildman–Crippen MR) is 101 cm³/mol. The van der Waals surface area contributed by atoms with Crippen LogP contribution in [0.4, 0.5) is 0 Å². The van der Waals surface area contributed by atoms with Gasteiger partial charge in [-0.15, -0.1) is 0 Å². The summed E-state index contributed by atoms with van der Waals surface area (Å²) in [4.78, 5) is 35.9. The third-order valence-corrected chi connectivity index (χ3v) is 4.00. The van der Waals surface area contributed by atoms with Gasteiger partial charge in [0.1, 0.15) is 0 Å². The van der Waals surface area contributed by atoms with Crippen LogP contribution in [0, 0.1) is 0 Å². The minimum atomic E-state index is -0.408. The average molecular weight is 352 g/mol. The lowest BCUT2D eigenvalue weighted by molar-refractivity contribution is -0.121. The van der Waals surface area contributed by atoms with Gasteiger partial charge in [0.15, 0.2) is 5.78 Å². The van der Waals surface area contributed by atoms with Crippen LogP contribution in [0.15, 0.2) is 54.6 Å². The number of ketones is 1. The zero-order chi connectivity index (χ0) is 19.2. The molecule has 26 heavy (non-hydrogen) atoms. The fourth-order valence-electron chi connectivity index (χ4n) is 2.38. The van der Waals surface area contributed by atoms with E-state index in [0.29, 0.717) is 11.1 Å². The van der Waals surface area contributed by atoms with E-state index in [1.54, 1.807) is 36.4 Å². The quantitative estimate of drug-likeness (QED) is 0.640. The monoisotopic (exact) mass is 352 g/mol. The highest BCUT2D eigenvalue weighted by molar-refractivity contribution is 5.98. The summed E-state index contributed by atoms with van der Waals surface area (Å²) in [5.41, 5.74) is 6.87. The molecule has 0 saturated carbocycles. The van der Waals surface area contributed by atoms with Crippen molar-refractivity contribution in [2.24, 2.45) is 0 Å². The zero-order valence-electron chi connectivity index (χ0n) is 15.3. The maximum atomic E-state index is 12.1. The topological polar surface area (TPSA) is 75.3 Å². The first-order chi connectivity index (χ1) is 12.3. The number of hydrogen-bond acceptors (Lipinski definition) is 3. The van der Waals surface area contributed by atoms with Gasteiger partial charge in [0, 0.05) is 24.0 Å². The molecule has 0 aromatic heterocycles. The number of carbonyl (C=O) groups is 3. The summed E-state index contributed by atoms with van der Waals surface area (Å²) in [5.74, 6) is -0.910. The van der Waals surface area contributed by atoms with E-state index in [1.807, 2.05) is 18.2 Å². The van der Waals surface area contributed by atoms with Crippen molar-refractivity contribution >= 4 is 17.6 Å². The standard InChI is InChI=1S/C21H24N2O3/c1-21(2,3)17-11-9-16(10-12-17)20(26)23-22-19(25)14-13-18(24)15-7-5-4-6-8-15/h4-12H,13-14H2,1-3H3,(H,22,25)(H,23,26). The van der Waals surface area contributed by atoms with Crippen molar-refractivity contribution in [3.05, 3.63) is 71.3 Å². The third kappa shape index (κ3) is 5.55. The number of benzene rings is 2. The van der Waals surface area contributed by atoms with Crippen LogP contribution in [0.1, 0.15) is 59.9 Å². The molecule has 0 unspecified atom stereocenters. The molecule has 5 heteroatoms. The normalized spacial score (nSPS) is 10.9. The van der Waals surface area contributed by atoms with Gasteiger partial charge in [0.2, 0.25) is 5.91 Å². The zero-order valence-corrected chi connectivity index (χ0v) is 15.3. The van der Waals surface area contributed by atoms with Crippen molar-refractivity contribution in [3.63, 3.8) is 0 Å². The Kier molecular flexibility index (Phi) is 6.28. The Hall–Kier alpha value is -2.95. The molecule has 0 aliphatic rings. The number of nitrogens with one attached hydrogen (secondary N) is 2. The van der Waals surface area contributed by atoms with Gasteiger partial charge in [0.05, 0.1) is 0 Å². The van der Waals surface area contributed by atoms with Gasteiger partial charge in [-0.2, -0.15) is 0 Å². The fraction of sp³-hybridized carbons (Fsp3) is 0.286. The summed E-state index contributed by atoms with van der Waals surface area (Å²) in [6, 6.07) is 16.0. The molecule has 2 aromatic rings. The second-order valence-corrected chi connectivity index (χ2v) is 7.12. The molecule has 5 nitrogen and oxygen atoms in total. The van der Waals surface area contributed by atoms with E-state index in [-0.39, 0.29) is 24.0 Å². The van der Waals surface area contributed by atoms with Gasteiger partial charge in [0.25, 0.3) is 5.91 Å². The Morgan fingerprint density at radius 1 is 0.769 bits per heavy atom. The van der Waals surface area contributed by atoms with Crippen molar-refractivity contribution in [3.8, 4) is 0 Å². The highest BCUT2D eigenvalue weighted by Crippen LogP contribution is 2.22. The van der Waals surface area contributed by atoms with Crippen LogP contribution < -0.4 is 10.9 Å². The van der Waals surface area contributed by atoms with E-state index in [1.165, 1.54) is 0 Å². The first-order valence-corrected chi connectivity index (χ1v) is 8.55. The maximum Gasteiger partial charge on any atom is 0.269 e. The van der Waals surface area contributed by atoms with Crippen LogP contribution in [0.3, 0.4) is 0 Å². The molecule has 0 aliphatic heterocycles. The van der Waals surface area contributed by atoms with Crippen LogP contribution in [-0.2, 0) is 10.2 Å². The lowest BCUT2D eigenvalue weighted by atomic mass is 9.87. The molecule has 2 amide bonds. The van der Waals surface area contributed by atoms with Gasteiger partial charge in [-0.05, 0) is 23.1 Å². The first kappa shape index (κ1) is 19.4. The van der Waals surface area contributed by atoms with Crippen LogP contribution >= 0.6 is 0 Å². The molecule has 0 heterocycles. The third-order valence-electron chi connectivity index (χ3n) is 4.00. The summed E-state index contributed by atoms with van der Waals surface area (Å²) in [6.45, 7) is 6.29.